The molecule has 0 saturated carbocycles. The predicted molar refractivity (Wildman–Crippen MR) is 78.9 cm³/mol. The number of nitrogens with one attached hydrogen (secondary N) is 1. The zero-order valence-electron chi connectivity index (χ0n) is 11.1. The van der Waals surface area contributed by atoms with Gasteiger partial charge in [-0.05, 0) is 24.5 Å². The molecule has 1 aliphatic rings. The SMILES string of the molecule is O=C(NCC1CCS(=O)(=O)C1)c1csc(-c2ccco2)n1. The van der Waals surface area contributed by atoms with E-state index in [4.69, 9.17) is 4.42 Å². The number of hydrogen-bond acceptors (Lipinski definition) is 6. The molecule has 1 atom stereocenters. The maximum Gasteiger partial charge on any atom is 0.270 e. The minimum atomic E-state index is -2.91. The highest BCUT2D eigenvalue weighted by Gasteiger charge is 2.28. The van der Waals surface area contributed by atoms with E-state index in [1.54, 1.807) is 23.8 Å². The lowest BCUT2D eigenvalue weighted by molar-refractivity contribution is 0.0944. The van der Waals surface area contributed by atoms with Crippen molar-refractivity contribution >= 4 is 27.1 Å². The molecule has 3 heterocycles. The lowest BCUT2D eigenvalue weighted by Gasteiger charge is -2.08. The number of thiazole rings is 1. The van der Waals surface area contributed by atoms with Gasteiger partial charge in [0.1, 0.15) is 5.69 Å². The second-order valence-electron chi connectivity index (χ2n) is 4.99. The van der Waals surface area contributed by atoms with Crippen LogP contribution in [-0.2, 0) is 9.84 Å². The lowest BCUT2D eigenvalue weighted by atomic mass is 10.1. The second kappa shape index (κ2) is 5.61. The summed E-state index contributed by atoms with van der Waals surface area (Å²) >= 11 is 1.33. The number of aromatic nitrogens is 1. The van der Waals surface area contributed by atoms with Crippen molar-refractivity contribution in [3.63, 3.8) is 0 Å². The Kier molecular flexibility index (Phi) is 3.81. The van der Waals surface area contributed by atoms with Gasteiger partial charge < -0.3 is 9.73 Å². The molecule has 0 aromatic carbocycles. The van der Waals surface area contributed by atoms with Crippen LogP contribution < -0.4 is 5.32 Å². The van der Waals surface area contributed by atoms with E-state index in [1.807, 2.05) is 0 Å². The molecule has 1 amide bonds. The van der Waals surface area contributed by atoms with E-state index in [9.17, 15) is 13.2 Å². The minimum Gasteiger partial charge on any atom is -0.462 e. The first-order chi connectivity index (χ1) is 10.0. The minimum absolute atomic E-state index is 0.00197. The van der Waals surface area contributed by atoms with Gasteiger partial charge in [-0.3, -0.25) is 4.79 Å². The molecule has 0 bridgehead atoms. The molecule has 3 rings (SSSR count). The molecular weight excluding hydrogens is 312 g/mol. The van der Waals surface area contributed by atoms with E-state index in [0.29, 0.717) is 29.4 Å². The first-order valence-corrected chi connectivity index (χ1v) is 9.22. The van der Waals surface area contributed by atoms with Crippen LogP contribution in [0.5, 0.6) is 0 Å². The van der Waals surface area contributed by atoms with E-state index in [2.05, 4.69) is 10.3 Å². The van der Waals surface area contributed by atoms with Crippen molar-refractivity contribution in [2.45, 2.75) is 6.42 Å². The van der Waals surface area contributed by atoms with E-state index >= 15 is 0 Å². The van der Waals surface area contributed by atoms with Crippen molar-refractivity contribution in [1.29, 1.82) is 0 Å². The van der Waals surface area contributed by atoms with Crippen LogP contribution in [0.25, 0.3) is 10.8 Å². The molecular formula is C13H14N2O4S2. The van der Waals surface area contributed by atoms with Crippen LogP contribution in [0.1, 0.15) is 16.9 Å². The summed E-state index contributed by atoms with van der Waals surface area (Å²) < 4.78 is 27.9. The molecule has 2 aromatic heterocycles. The van der Waals surface area contributed by atoms with Crippen molar-refractivity contribution in [2.24, 2.45) is 5.92 Å². The third-order valence-electron chi connectivity index (χ3n) is 3.35. The largest absolute Gasteiger partial charge is 0.462 e. The molecule has 1 saturated heterocycles. The zero-order valence-corrected chi connectivity index (χ0v) is 12.7. The highest BCUT2D eigenvalue weighted by molar-refractivity contribution is 7.91. The van der Waals surface area contributed by atoms with Crippen LogP contribution in [0.4, 0.5) is 0 Å². The van der Waals surface area contributed by atoms with Crippen molar-refractivity contribution in [2.75, 3.05) is 18.1 Å². The molecule has 0 spiro atoms. The Labute approximate surface area is 126 Å². The lowest BCUT2D eigenvalue weighted by Crippen LogP contribution is -2.30. The molecule has 112 valence electrons. The highest BCUT2D eigenvalue weighted by Crippen LogP contribution is 2.24. The Morgan fingerprint density at radius 2 is 2.38 bits per heavy atom. The standard InChI is InChI=1S/C13H14N2O4S2/c16-12(14-6-9-3-5-21(17,18)8-9)10-7-20-13(15-10)11-2-1-4-19-11/h1-2,4,7,9H,3,5-6,8H2,(H,14,16). The van der Waals surface area contributed by atoms with Gasteiger partial charge in [0.05, 0.1) is 17.8 Å². The van der Waals surface area contributed by atoms with Gasteiger partial charge in [-0.2, -0.15) is 0 Å². The average molecular weight is 326 g/mol. The number of amides is 1. The fraction of sp³-hybridized carbons (Fsp3) is 0.385. The van der Waals surface area contributed by atoms with Crippen LogP contribution in [0.3, 0.4) is 0 Å². The number of nitrogens with zero attached hydrogens (tertiary/aromatic N) is 1. The summed E-state index contributed by atoms with van der Waals surface area (Å²) in [5.74, 6) is 0.714. The summed E-state index contributed by atoms with van der Waals surface area (Å²) in [6.07, 6.45) is 2.16. The van der Waals surface area contributed by atoms with Crippen molar-refractivity contribution < 1.29 is 17.6 Å². The van der Waals surface area contributed by atoms with Gasteiger partial charge in [-0.15, -0.1) is 11.3 Å². The first kappa shape index (κ1) is 14.3. The van der Waals surface area contributed by atoms with Crippen LogP contribution in [0.2, 0.25) is 0 Å². The maximum absolute atomic E-state index is 12.0. The second-order valence-corrected chi connectivity index (χ2v) is 8.08. The quantitative estimate of drug-likeness (QED) is 0.921. The smallest absolute Gasteiger partial charge is 0.270 e. The molecule has 21 heavy (non-hydrogen) atoms. The maximum atomic E-state index is 12.0. The van der Waals surface area contributed by atoms with Gasteiger partial charge >= 0.3 is 0 Å². The molecule has 1 unspecified atom stereocenters. The molecule has 1 fully saturated rings. The number of sulfone groups is 1. The predicted octanol–water partition coefficient (Wildman–Crippen LogP) is 1.57. The van der Waals surface area contributed by atoms with E-state index in [-0.39, 0.29) is 23.3 Å². The van der Waals surface area contributed by atoms with E-state index in [1.165, 1.54) is 11.3 Å². The van der Waals surface area contributed by atoms with E-state index < -0.39 is 9.84 Å². The van der Waals surface area contributed by atoms with Crippen LogP contribution >= 0.6 is 11.3 Å². The third-order valence-corrected chi connectivity index (χ3v) is 6.04. The number of rotatable bonds is 4. The average Bonchev–Trinajstić information content (AvgIpc) is 3.15. The Morgan fingerprint density at radius 3 is 3.05 bits per heavy atom. The van der Waals surface area contributed by atoms with E-state index in [0.717, 1.165) is 0 Å². The van der Waals surface area contributed by atoms with Gasteiger partial charge in [0.25, 0.3) is 5.91 Å². The summed E-state index contributed by atoms with van der Waals surface area (Å²) in [6, 6.07) is 3.54. The Morgan fingerprint density at radius 1 is 1.52 bits per heavy atom. The molecule has 6 nitrogen and oxygen atoms in total. The van der Waals surface area contributed by atoms with Gasteiger partial charge in [0, 0.05) is 11.9 Å². The van der Waals surface area contributed by atoms with Gasteiger partial charge in [-0.25, -0.2) is 13.4 Å². The van der Waals surface area contributed by atoms with Crippen LogP contribution in [0.15, 0.2) is 28.2 Å². The van der Waals surface area contributed by atoms with Gasteiger partial charge in [0.15, 0.2) is 20.6 Å². The monoisotopic (exact) mass is 326 g/mol. The topological polar surface area (TPSA) is 89.3 Å². The van der Waals surface area contributed by atoms with Crippen LogP contribution in [0, 0.1) is 5.92 Å². The van der Waals surface area contributed by atoms with Crippen molar-refractivity contribution in [1.82, 2.24) is 10.3 Å². The van der Waals surface area contributed by atoms with Crippen LogP contribution in [-0.4, -0.2) is 37.4 Å². The third kappa shape index (κ3) is 3.33. The molecule has 1 aliphatic heterocycles. The fourth-order valence-electron chi connectivity index (χ4n) is 2.25. The van der Waals surface area contributed by atoms with Crippen molar-refractivity contribution in [3.8, 4) is 10.8 Å². The molecule has 2 aromatic rings. The number of furan rings is 1. The van der Waals surface area contributed by atoms with Crippen molar-refractivity contribution in [3.05, 3.63) is 29.5 Å². The first-order valence-electron chi connectivity index (χ1n) is 6.51. The normalized spacial score (nSPS) is 20.5. The Hall–Kier alpha value is -1.67. The van der Waals surface area contributed by atoms with Gasteiger partial charge in [0.2, 0.25) is 0 Å². The molecule has 0 aliphatic carbocycles. The number of carbonyl (C=O) groups is 1. The summed E-state index contributed by atoms with van der Waals surface area (Å²) in [4.78, 5) is 16.2. The number of hydrogen-bond donors (Lipinski definition) is 1. The molecule has 1 N–H and O–H groups in total. The molecule has 0 radical (unpaired) electrons. The number of carbonyl (C=O) groups excluding carboxylic acids is 1. The fourth-order valence-corrected chi connectivity index (χ4v) is 4.88. The summed E-state index contributed by atoms with van der Waals surface area (Å²) in [5, 5.41) is 5.06. The molecule has 8 heteroatoms. The zero-order chi connectivity index (χ0) is 14.9. The van der Waals surface area contributed by atoms with Gasteiger partial charge in [-0.1, -0.05) is 0 Å². The summed E-state index contributed by atoms with van der Waals surface area (Å²) in [6.45, 7) is 0.367. The highest BCUT2D eigenvalue weighted by atomic mass is 32.2. The summed E-state index contributed by atoms with van der Waals surface area (Å²) in [5.41, 5.74) is 0.326. The Balaban J connectivity index is 1.59. The Bertz CT molecular complexity index is 734. The summed E-state index contributed by atoms with van der Waals surface area (Å²) in [7, 11) is -2.91.